The van der Waals surface area contributed by atoms with Crippen molar-refractivity contribution in [3.8, 4) is 0 Å². The van der Waals surface area contributed by atoms with Crippen molar-refractivity contribution < 1.29 is 38.1 Å². The van der Waals surface area contributed by atoms with Gasteiger partial charge in [-0.2, -0.15) is 0 Å². The molecule has 1 amide bonds. The van der Waals surface area contributed by atoms with Crippen molar-refractivity contribution in [3.05, 3.63) is 34.4 Å². The molecule has 0 aromatic heterocycles. The number of hydrogen-bond donors (Lipinski definition) is 3. The van der Waals surface area contributed by atoms with E-state index in [0.29, 0.717) is 70.9 Å². The minimum Gasteiger partial charge on any atom is -0.463 e. The molecule has 2 heterocycles. The second kappa shape index (κ2) is 20.1. The number of hydrogen-bond acceptors (Lipinski definition) is 14. The van der Waals surface area contributed by atoms with Crippen LogP contribution in [0.1, 0.15) is 115 Å². The summed E-state index contributed by atoms with van der Waals surface area (Å²) in [6, 6.07) is 4.31. The number of nitrogens with two attached hydrogens (primary N) is 1. The number of nitrogens with zero attached hydrogens (tertiary/aromatic N) is 4. The number of ether oxygens (including phenoxy) is 4. The molecule has 15 heteroatoms. The van der Waals surface area contributed by atoms with Gasteiger partial charge in [0.2, 0.25) is 0 Å². The van der Waals surface area contributed by atoms with Crippen molar-refractivity contribution in [3.63, 3.8) is 0 Å². The lowest BCUT2D eigenvalue weighted by Crippen LogP contribution is -2.50. The summed E-state index contributed by atoms with van der Waals surface area (Å²) in [5, 5.41) is 4.48. The fraction of sp³-hybridized carbons (Fsp3) is 0.762. The van der Waals surface area contributed by atoms with Crippen molar-refractivity contribution in [2.24, 2.45) is 17.6 Å². The van der Waals surface area contributed by atoms with E-state index >= 15 is 0 Å². The van der Waals surface area contributed by atoms with E-state index in [0.717, 1.165) is 74.6 Å². The average molecular weight is 800 g/mol. The Bertz CT molecular complexity index is 1530. The third-order valence-electron chi connectivity index (χ3n) is 12.5. The Kier molecular flexibility index (Phi) is 15.8. The second-order valence-electron chi connectivity index (χ2n) is 17.3. The van der Waals surface area contributed by atoms with Gasteiger partial charge in [-0.25, -0.2) is 14.8 Å². The van der Waals surface area contributed by atoms with Crippen LogP contribution in [0.4, 0.5) is 4.79 Å². The second-order valence-corrected chi connectivity index (χ2v) is 17.3. The molecular weight excluding hydrogens is 731 g/mol. The first-order valence-corrected chi connectivity index (χ1v) is 21.1. The number of piperazine rings is 2. The molecule has 2 saturated heterocycles. The molecule has 5 rings (SSSR count). The highest BCUT2D eigenvalue weighted by atomic mass is 16.6. The molecule has 15 nitrogen and oxygen atoms in total. The van der Waals surface area contributed by atoms with E-state index in [1.54, 1.807) is 0 Å². The molecule has 1 unspecified atom stereocenters. The van der Waals surface area contributed by atoms with Gasteiger partial charge in [0.05, 0.1) is 11.8 Å². The molecule has 4 N–H and O–H groups in total. The summed E-state index contributed by atoms with van der Waals surface area (Å²) in [6.07, 6.45) is 4.00. The first-order valence-electron chi connectivity index (χ1n) is 21.1. The van der Waals surface area contributed by atoms with Crippen LogP contribution < -0.4 is 16.6 Å². The van der Waals surface area contributed by atoms with Gasteiger partial charge in [0.15, 0.2) is 0 Å². The van der Waals surface area contributed by atoms with E-state index < -0.39 is 17.3 Å². The standard InChI is InChI=1S/C42H69N7O8/c1-8-42(5,57-39(52)31-9-13-34(14-10-31)54-29(2)50)37-26-32(27-44-48-21-17-46(6)18-22-48)36(25-33(37)28-45-49-23-19-47(7)20-24-49)41(3,4)56-38(51)30-11-15-35(16-12-30)55-40(43)53/h25-26,30-31,34-35,44-45H,8-24,27-28H2,1-7H3,(H2,43,53). The van der Waals surface area contributed by atoms with Gasteiger partial charge in [-0.15, -0.1) is 0 Å². The van der Waals surface area contributed by atoms with Gasteiger partial charge in [0.25, 0.3) is 0 Å². The van der Waals surface area contributed by atoms with Crippen molar-refractivity contribution in [1.82, 2.24) is 30.7 Å². The molecule has 0 bridgehead atoms. The lowest BCUT2D eigenvalue weighted by atomic mass is 9.81. The number of benzene rings is 1. The Balaban J connectivity index is 1.46. The van der Waals surface area contributed by atoms with Crippen LogP contribution >= 0.6 is 0 Å². The van der Waals surface area contributed by atoms with Gasteiger partial charge in [0, 0.05) is 77.9 Å². The van der Waals surface area contributed by atoms with Crippen LogP contribution in [0.3, 0.4) is 0 Å². The first-order chi connectivity index (χ1) is 27.0. The van der Waals surface area contributed by atoms with Crippen molar-refractivity contribution >= 4 is 24.0 Å². The lowest BCUT2D eigenvalue weighted by Gasteiger charge is -2.38. The molecular formula is C42H69N7O8. The van der Waals surface area contributed by atoms with E-state index in [1.165, 1.54) is 6.92 Å². The molecule has 2 aliphatic carbocycles. The highest BCUT2D eigenvalue weighted by molar-refractivity contribution is 5.74. The molecule has 4 fully saturated rings. The molecule has 0 spiro atoms. The largest absolute Gasteiger partial charge is 0.463 e. The van der Waals surface area contributed by atoms with Crippen LogP contribution in [-0.4, -0.2) is 122 Å². The number of esters is 3. The maximum atomic E-state index is 14.0. The fourth-order valence-corrected chi connectivity index (χ4v) is 8.60. The van der Waals surface area contributed by atoms with Crippen LogP contribution in [0, 0.1) is 11.8 Å². The number of carbonyl (C=O) groups is 4. The Hall–Kier alpha value is -3.34. The van der Waals surface area contributed by atoms with E-state index in [2.05, 4.69) is 56.9 Å². The number of primary amides is 1. The zero-order valence-electron chi connectivity index (χ0n) is 35.5. The van der Waals surface area contributed by atoms with Crippen molar-refractivity contribution in [2.45, 2.75) is 129 Å². The van der Waals surface area contributed by atoms with Gasteiger partial charge in [-0.05, 0) is 121 Å². The summed E-state index contributed by atoms with van der Waals surface area (Å²) in [5.41, 5.74) is 14.4. The summed E-state index contributed by atoms with van der Waals surface area (Å²) in [7, 11) is 4.26. The quantitative estimate of drug-likeness (QED) is 0.173. The summed E-state index contributed by atoms with van der Waals surface area (Å²) in [5.74, 6) is -1.38. The maximum absolute atomic E-state index is 14.0. The van der Waals surface area contributed by atoms with E-state index in [-0.39, 0.29) is 42.0 Å². The van der Waals surface area contributed by atoms with E-state index in [9.17, 15) is 19.2 Å². The minimum absolute atomic E-state index is 0.164. The topological polar surface area (TPSA) is 168 Å². The maximum Gasteiger partial charge on any atom is 0.404 e. The minimum atomic E-state index is -1.00. The van der Waals surface area contributed by atoms with Gasteiger partial charge < -0.3 is 34.5 Å². The van der Waals surface area contributed by atoms with E-state index in [4.69, 9.17) is 24.7 Å². The predicted molar refractivity (Wildman–Crippen MR) is 215 cm³/mol. The molecule has 4 aliphatic rings. The smallest absolute Gasteiger partial charge is 0.404 e. The molecule has 1 aromatic rings. The SMILES string of the molecule is CCC(C)(OC(=O)C1CCC(OC(C)=O)CC1)c1cc(CNN2CCN(C)CC2)c(C(C)(C)OC(=O)C2CCC(OC(N)=O)CC2)cc1CNN1CCN(C)CC1. The Morgan fingerprint density at radius 2 is 1.09 bits per heavy atom. The highest BCUT2D eigenvalue weighted by Crippen LogP contribution is 2.40. The van der Waals surface area contributed by atoms with Crippen LogP contribution in [0.2, 0.25) is 0 Å². The number of nitrogens with one attached hydrogen (secondary N) is 2. The molecule has 1 aromatic carbocycles. The van der Waals surface area contributed by atoms with Gasteiger partial charge in [-0.3, -0.25) is 25.2 Å². The Labute approximate surface area is 339 Å². The van der Waals surface area contributed by atoms with Crippen molar-refractivity contribution in [1.29, 1.82) is 0 Å². The third-order valence-corrected chi connectivity index (χ3v) is 12.5. The molecule has 0 radical (unpaired) electrons. The fourth-order valence-electron chi connectivity index (χ4n) is 8.60. The van der Waals surface area contributed by atoms with Gasteiger partial charge in [-0.1, -0.05) is 6.92 Å². The monoisotopic (exact) mass is 800 g/mol. The lowest BCUT2D eigenvalue weighted by molar-refractivity contribution is -0.168. The van der Waals surface area contributed by atoms with E-state index in [1.807, 2.05) is 27.7 Å². The number of amides is 1. The van der Waals surface area contributed by atoms with Crippen LogP contribution in [0.25, 0.3) is 0 Å². The Morgan fingerprint density at radius 1 is 0.667 bits per heavy atom. The average Bonchev–Trinajstić information content (AvgIpc) is 3.17. The first kappa shape index (κ1) is 44.8. The molecule has 320 valence electrons. The summed E-state index contributed by atoms with van der Waals surface area (Å²) in [4.78, 5) is 55.3. The number of carbonyl (C=O) groups excluding carboxylic acids is 4. The Morgan fingerprint density at radius 3 is 1.53 bits per heavy atom. The molecule has 2 saturated carbocycles. The summed E-state index contributed by atoms with van der Waals surface area (Å²) >= 11 is 0. The van der Waals surface area contributed by atoms with Crippen molar-refractivity contribution in [2.75, 3.05) is 66.5 Å². The zero-order valence-corrected chi connectivity index (χ0v) is 35.5. The number of likely N-dealkylation sites (N-methyl/N-ethyl adjacent to an activating group) is 2. The zero-order chi connectivity index (χ0) is 41.3. The molecule has 2 aliphatic heterocycles. The number of hydrazine groups is 2. The van der Waals surface area contributed by atoms with Crippen LogP contribution in [0.15, 0.2) is 12.1 Å². The summed E-state index contributed by atoms with van der Waals surface area (Å²) in [6.45, 7) is 17.6. The highest BCUT2D eigenvalue weighted by Gasteiger charge is 2.39. The third kappa shape index (κ3) is 12.6. The van der Waals surface area contributed by atoms with Crippen LogP contribution in [-0.2, 0) is 57.6 Å². The number of rotatable bonds is 15. The normalized spacial score (nSPS) is 25.6. The predicted octanol–water partition coefficient (Wildman–Crippen LogP) is 3.91. The van der Waals surface area contributed by atoms with Gasteiger partial charge in [0.1, 0.15) is 23.4 Å². The van der Waals surface area contributed by atoms with Crippen LogP contribution in [0.5, 0.6) is 0 Å². The molecule has 1 atom stereocenters. The summed E-state index contributed by atoms with van der Waals surface area (Å²) < 4.78 is 23.7. The van der Waals surface area contributed by atoms with Gasteiger partial charge >= 0.3 is 24.0 Å². The molecule has 57 heavy (non-hydrogen) atoms.